The molecule has 2 heterocycles. The van der Waals surface area contributed by atoms with Gasteiger partial charge in [0.25, 0.3) is 0 Å². The Bertz CT molecular complexity index is 2770. The fourth-order valence-corrected chi connectivity index (χ4v) is 12.9. The molecule has 476 valence electrons. The van der Waals surface area contributed by atoms with Gasteiger partial charge in [-0.3, -0.25) is 28.8 Å². The summed E-state index contributed by atoms with van der Waals surface area (Å²) in [6, 6.07) is 0. The number of rotatable bonds is 16. The van der Waals surface area contributed by atoms with Crippen LogP contribution < -0.4 is 0 Å². The molecule has 2 saturated heterocycles. The van der Waals surface area contributed by atoms with Crippen molar-refractivity contribution < 1.29 is 64.1 Å². The lowest BCUT2D eigenvalue weighted by molar-refractivity contribution is -0.229. The highest BCUT2D eigenvalue weighted by atomic mass is 16.5. The van der Waals surface area contributed by atoms with Crippen LogP contribution in [0.25, 0.3) is 0 Å². The van der Waals surface area contributed by atoms with Crippen LogP contribution in [-0.4, -0.2) is 93.8 Å². The molecule has 0 amide bonds. The summed E-state index contributed by atoms with van der Waals surface area (Å²) in [5.41, 5.74) is 1.21. The summed E-state index contributed by atoms with van der Waals surface area (Å²) in [5, 5.41) is 63.5. The number of aliphatic hydroxyl groups is 6. The Morgan fingerprint density at radius 3 is 1.60 bits per heavy atom. The summed E-state index contributed by atoms with van der Waals surface area (Å²) in [4.78, 5) is 74.6. The quantitative estimate of drug-likeness (QED) is 0.0624. The van der Waals surface area contributed by atoms with Gasteiger partial charge in [-0.05, 0) is 200 Å². The van der Waals surface area contributed by atoms with Crippen LogP contribution in [0.4, 0.5) is 0 Å². The number of hydrogen-bond donors (Lipinski definition) is 6. The summed E-state index contributed by atoms with van der Waals surface area (Å²) in [6.45, 7) is 43.3. The van der Waals surface area contributed by atoms with Crippen LogP contribution in [0.1, 0.15) is 235 Å². The van der Waals surface area contributed by atoms with Crippen molar-refractivity contribution >= 4 is 34.7 Å². The number of ketones is 6. The van der Waals surface area contributed by atoms with E-state index in [1.54, 1.807) is 38.2 Å². The van der Waals surface area contributed by atoms with Crippen LogP contribution in [0.2, 0.25) is 0 Å². The SMILES string of the molecule is C=C(C)C1CC=C(C)C(=O)C1.CC(C)=CCC(=O)C1(O)C(O)=C(C(=O)CC(C)C)C(=O)C1CC=C(C)C.CC(C)=CCC1=C(O)C(O)(CC=C(C)C)C(=O)C(C(=O)CC(C)C)=C1O.CC1(C)C2CCC1(C)C(O)C2.CC12CCC(CC1)C(C)(C)O2. The number of carbonyl (C=O) groups excluding carboxylic acids is 6. The number of hydrogen-bond acceptors (Lipinski definition) is 13. The fraction of sp³-hybridized carbons (Fsp3) is 0.667. The number of fused-ring (bicyclic) bond motifs is 5. The molecule has 0 spiro atoms. The lowest BCUT2D eigenvalue weighted by atomic mass is 9.69. The maximum Gasteiger partial charge on any atom is 0.209 e. The van der Waals surface area contributed by atoms with E-state index in [4.69, 9.17) is 4.74 Å². The molecule has 8 rings (SSSR count). The van der Waals surface area contributed by atoms with E-state index in [-0.39, 0.29) is 84.4 Å². The van der Waals surface area contributed by atoms with E-state index in [1.807, 2.05) is 89.2 Å². The normalized spacial score (nSPS) is 29.5. The molecule has 6 N–H and O–H groups in total. The molecule has 0 aromatic heterocycles. The number of aliphatic hydroxyl groups excluding tert-OH is 4. The average Bonchev–Trinajstić information content (AvgIpc) is 2.49. The van der Waals surface area contributed by atoms with Crippen molar-refractivity contribution in [3.63, 3.8) is 0 Å². The maximum atomic E-state index is 12.9. The molecule has 7 atom stereocenters. The molecule has 5 fully saturated rings. The first-order valence-electron chi connectivity index (χ1n) is 31.2. The molecule has 13 nitrogen and oxygen atoms in total. The van der Waals surface area contributed by atoms with Gasteiger partial charge in [0.05, 0.1) is 23.2 Å². The van der Waals surface area contributed by atoms with Gasteiger partial charge in [-0.15, -0.1) is 0 Å². The second kappa shape index (κ2) is 29.7. The van der Waals surface area contributed by atoms with Crippen molar-refractivity contribution in [3.8, 4) is 0 Å². The summed E-state index contributed by atoms with van der Waals surface area (Å²) >= 11 is 0. The van der Waals surface area contributed by atoms with Gasteiger partial charge < -0.3 is 35.4 Å². The topological polar surface area (TPSA) is 233 Å². The molecule has 13 heteroatoms. The maximum absolute atomic E-state index is 12.9. The predicted molar refractivity (Wildman–Crippen MR) is 340 cm³/mol. The van der Waals surface area contributed by atoms with Gasteiger partial charge in [0.15, 0.2) is 40.1 Å². The van der Waals surface area contributed by atoms with Crippen molar-refractivity contribution in [2.75, 3.05) is 0 Å². The van der Waals surface area contributed by atoms with Crippen molar-refractivity contribution in [3.05, 3.63) is 104 Å². The zero-order valence-corrected chi connectivity index (χ0v) is 55.8. The van der Waals surface area contributed by atoms with Crippen LogP contribution in [0.5, 0.6) is 0 Å². The standard InChI is InChI=1S/2C21H30O5.2C10H18O.C10H14O/c1-12(2)7-9-15-19(24)18(16(22)11-14(5)6)20(25)21(15,26)17(23)10-8-13(3)4;1-12(2)7-8-15-18(23)17(16(22)11-14(5)6)20(25)21(26,19(15)24)10-9-13(3)4;1-9(2)8-4-6-10(3,11-9)7-5-8;1-9(2)7-4-5-10(9,3)8(11)6-7;1-7(2)9-5-4-8(3)10(11)6-9/h7-8,14-15,25-26H,9-11H2,1-6H3;7,9,14,23-24,26H,8,10-11H2,1-6H3;8H,4-7H2,1-3H3;7-8,11H,4-6H2,1-3H3;4,9H,1,5-6H2,2-3H3. The van der Waals surface area contributed by atoms with Crippen molar-refractivity contribution in [1.82, 2.24) is 0 Å². The molecule has 8 aliphatic rings. The molecule has 0 radical (unpaired) electrons. The number of allylic oxidation sites excluding steroid dienone is 12. The Morgan fingerprint density at radius 1 is 0.706 bits per heavy atom. The number of ether oxygens (including phenoxy) is 1. The van der Waals surface area contributed by atoms with E-state index >= 15 is 0 Å². The Morgan fingerprint density at radius 2 is 1.21 bits per heavy atom. The molecule has 85 heavy (non-hydrogen) atoms. The third kappa shape index (κ3) is 17.8. The van der Waals surface area contributed by atoms with Crippen LogP contribution in [0.15, 0.2) is 104 Å². The van der Waals surface area contributed by atoms with Gasteiger partial charge >= 0.3 is 0 Å². The Labute approximate surface area is 510 Å². The first-order valence-corrected chi connectivity index (χ1v) is 31.2. The summed E-state index contributed by atoms with van der Waals surface area (Å²) in [7, 11) is 0. The molecule has 2 aliphatic heterocycles. The fourth-order valence-electron chi connectivity index (χ4n) is 12.9. The summed E-state index contributed by atoms with van der Waals surface area (Å²) < 4.78 is 6.06. The van der Waals surface area contributed by atoms with Crippen molar-refractivity contribution in [1.29, 1.82) is 0 Å². The minimum absolute atomic E-state index is 0.0118. The van der Waals surface area contributed by atoms with Gasteiger partial charge in [-0.25, -0.2) is 0 Å². The minimum Gasteiger partial charge on any atom is -0.508 e. The first kappa shape index (κ1) is 74.2. The first-order chi connectivity index (χ1) is 38.9. The molecule has 4 bridgehead atoms. The highest BCUT2D eigenvalue weighted by molar-refractivity contribution is 6.26. The van der Waals surface area contributed by atoms with Crippen LogP contribution in [-0.2, 0) is 33.5 Å². The van der Waals surface area contributed by atoms with E-state index in [1.165, 1.54) is 38.5 Å². The van der Waals surface area contributed by atoms with Gasteiger partial charge in [0.1, 0.15) is 28.4 Å². The highest BCUT2D eigenvalue weighted by Crippen LogP contribution is 2.65. The van der Waals surface area contributed by atoms with E-state index < -0.39 is 74.5 Å². The number of Topliss-reactive ketones (excluding diaryl/α,β-unsaturated/α-hetero) is 6. The summed E-state index contributed by atoms with van der Waals surface area (Å²) in [5.74, 6) is -4.16. The van der Waals surface area contributed by atoms with E-state index in [9.17, 15) is 59.4 Å². The van der Waals surface area contributed by atoms with Gasteiger partial charge in [0, 0.05) is 37.7 Å². The molecular formula is C72H110O13. The van der Waals surface area contributed by atoms with Gasteiger partial charge in [-0.2, -0.15) is 0 Å². The lowest BCUT2D eigenvalue weighted by Crippen LogP contribution is -2.53. The van der Waals surface area contributed by atoms with Crippen LogP contribution >= 0.6 is 0 Å². The number of carbonyl (C=O) groups is 6. The lowest BCUT2D eigenvalue weighted by Gasteiger charge is -2.54. The molecule has 0 aromatic rings. The molecule has 3 saturated carbocycles. The Kier molecular flexibility index (Phi) is 26.0. The third-order valence-electron chi connectivity index (χ3n) is 19.2. The largest absolute Gasteiger partial charge is 0.508 e. The summed E-state index contributed by atoms with van der Waals surface area (Å²) in [6.07, 6.45) is 19.4. The third-order valence-corrected chi connectivity index (χ3v) is 19.2. The van der Waals surface area contributed by atoms with Crippen molar-refractivity contribution in [2.45, 2.75) is 263 Å². The second-order valence-electron chi connectivity index (χ2n) is 28.9. The Balaban J connectivity index is 0.000000295. The van der Waals surface area contributed by atoms with E-state index in [2.05, 4.69) is 48.1 Å². The monoisotopic (exact) mass is 1180 g/mol. The zero-order valence-electron chi connectivity index (χ0n) is 55.8. The van der Waals surface area contributed by atoms with E-state index in [0.29, 0.717) is 17.8 Å². The molecule has 6 aliphatic carbocycles. The second-order valence-corrected chi connectivity index (χ2v) is 28.9. The van der Waals surface area contributed by atoms with Crippen LogP contribution in [0.3, 0.4) is 0 Å². The van der Waals surface area contributed by atoms with Gasteiger partial charge in [0.2, 0.25) is 5.78 Å². The minimum atomic E-state index is -2.35. The van der Waals surface area contributed by atoms with E-state index in [0.717, 1.165) is 58.1 Å². The molecule has 7 unspecified atom stereocenters. The molecular weight excluding hydrogens is 1070 g/mol. The van der Waals surface area contributed by atoms with Gasteiger partial charge in [-0.1, -0.05) is 113 Å². The molecule has 0 aromatic carbocycles. The highest BCUT2D eigenvalue weighted by Gasteiger charge is 2.61. The zero-order chi connectivity index (χ0) is 65.3. The predicted octanol–water partition coefficient (Wildman–Crippen LogP) is 15.3. The smallest absolute Gasteiger partial charge is 0.209 e. The Hall–Kier alpha value is -5.08. The van der Waals surface area contributed by atoms with Crippen LogP contribution in [0, 0.1) is 46.3 Å². The van der Waals surface area contributed by atoms with Crippen molar-refractivity contribution in [2.24, 2.45) is 46.3 Å². The average molecular weight is 1180 g/mol.